The Morgan fingerprint density at radius 1 is 1.16 bits per heavy atom. The fourth-order valence-electron chi connectivity index (χ4n) is 1.85. The van der Waals surface area contributed by atoms with E-state index < -0.39 is 12.0 Å². The molecule has 3 nitrogen and oxygen atoms in total. The number of benzene rings is 2. The molecule has 0 amide bonds. The topological polar surface area (TPSA) is 63.3 Å². The number of aliphatic carboxylic acids is 1. The summed E-state index contributed by atoms with van der Waals surface area (Å²) in [6.07, 6.45) is 0.225. The van der Waals surface area contributed by atoms with Gasteiger partial charge in [-0.3, -0.25) is 4.79 Å². The van der Waals surface area contributed by atoms with E-state index in [2.05, 4.69) is 0 Å². The second-order valence-corrected chi connectivity index (χ2v) is 4.73. The number of halogens is 1. The fraction of sp³-hybridized carbons (Fsp3) is 0.133. The predicted octanol–water partition coefficient (Wildman–Crippen LogP) is 2.96. The van der Waals surface area contributed by atoms with Crippen molar-refractivity contribution in [3.8, 4) is 11.1 Å². The average Bonchev–Trinajstić information content (AvgIpc) is 2.41. The average molecular weight is 276 g/mol. The molecule has 0 saturated carbocycles. The van der Waals surface area contributed by atoms with Gasteiger partial charge in [0.1, 0.15) is 6.04 Å². The summed E-state index contributed by atoms with van der Waals surface area (Å²) in [5.41, 5.74) is 8.32. The van der Waals surface area contributed by atoms with Crippen LogP contribution in [0, 0.1) is 0 Å². The van der Waals surface area contributed by atoms with Gasteiger partial charge in [0.15, 0.2) is 0 Å². The Bertz CT molecular complexity index is 584. The third-order valence-electron chi connectivity index (χ3n) is 2.92. The maximum absolute atomic E-state index is 10.7. The first-order chi connectivity index (χ1) is 9.08. The van der Waals surface area contributed by atoms with E-state index in [1.54, 1.807) is 0 Å². The van der Waals surface area contributed by atoms with Gasteiger partial charge in [-0.1, -0.05) is 54.1 Å². The minimum Gasteiger partial charge on any atom is -0.480 e. The van der Waals surface area contributed by atoms with Gasteiger partial charge in [-0.05, 0) is 29.2 Å². The highest BCUT2D eigenvalue weighted by Gasteiger charge is 2.14. The first kappa shape index (κ1) is 13.6. The number of rotatable bonds is 4. The van der Waals surface area contributed by atoms with Crippen LogP contribution in [0.15, 0.2) is 48.5 Å². The van der Waals surface area contributed by atoms with Gasteiger partial charge >= 0.3 is 5.97 Å². The van der Waals surface area contributed by atoms with E-state index in [4.69, 9.17) is 22.4 Å². The molecule has 2 aromatic carbocycles. The molecule has 0 aromatic heterocycles. The van der Waals surface area contributed by atoms with Crippen molar-refractivity contribution in [3.05, 3.63) is 59.1 Å². The van der Waals surface area contributed by atoms with Crippen molar-refractivity contribution in [1.29, 1.82) is 0 Å². The van der Waals surface area contributed by atoms with Gasteiger partial charge in [0, 0.05) is 5.02 Å². The SMILES string of the molecule is N[C@@H](Cc1ccc(-c2ccccc2)cc1Cl)C(=O)O. The first-order valence-electron chi connectivity index (χ1n) is 5.90. The number of nitrogens with two attached hydrogens (primary N) is 1. The Kier molecular flexibility index (Phi) is 4.20. The molecule has 2 rings (SSSR count). The van der Waals surface area contributed by atoms with E-state index in [1.165, 1.54) is 0 Å². The summed E-state index contributed by atoms with van der Waals surface area (Å²) in [5.74, 6) is -1.02. The molecule has 1 atom stereocenters. The molecule has 98 valence electrons. The van der Waals surface area contributed by atoms with Gasteiger partial charge in [0.2, 0.25) is 0 Å². The highest BCUT2D eigenvalue weighted by Crippen LogP contribution is 2.26. The van der Waals surface area contributed by atoms with E-state index in [9.17, 15) is 4.79 Å². The summed E-state index contributed by atoms with van der Waals surface area (Å²) in [6, 6.07) is 14.5. The minimum absolute atomic E-state index is 0.225. The standard InChI is InChI=1S/C15H14ClNO2/c16-13-8-11(10-4-2-1-3-5-10)6-7-12(13)9-14(17)15(18)19/h1-8,14H,9,17H2,(H,18,19)/t14-/m0/s1. The van der Waals surface area contributed by atoms with Gasteiger partial charge in [0.05, 0.1) is 0 Å². The third kappa shape index (κ3) is 3.34. The predicted molar refractivity (Wildman–Crippen MR) is 76.2 cm³/mol. The number of carboxylic acid groups (broad SMARTS) is 1. The summed E-state index contributed by atoms with van der Waals surface area (Å²) >= 11 is 6.18. The molecule has 0 saturated heterocycles. The Morgan fingerprint density at radius 3 is 2.42 bits per heavy atom. The summed E-state index contributed by atoms with van der Waals surface area (Å²) < 4.78 is 0. The maximum Gasteiger partial charge on any atom is 0.320 e. The van der Waals surface area contributed by atoms with Crippen LogP contribution in [0.2, 0.25) is 5.02 Å². The van der Waals surface area contributed by atoms with Crippen LogP contribution >= 0.6 is 11.6 Å². The van der Waals surface area contributed by atoms with Crippen LogP contribution in [0.4, 0.5) is 0 Å². The molecule has 0 aliphatic carbocycles. The number of carboxylic acids is 1. The zero-order chi connectivity index (χ0) is 13.8. The van der Waals surface area contributed by atoms with Crippen molar-refractivity contribution in [1.82, 2.24) is 0 Å². The van der Waals surface area contributed by atoms with E-state index in [-0.39, 0.29) is 6.42 Å². The van der Waals surface area contributed by atoms with Gasteiger partial charge in [-0.25, -0.2) is 0 Å². The highest BCUT2D eigenvalue weighted by atomic mass is 35.5. The normalized spacial score (nSPS) is 12.1. The summed E-state index contributed by atoms with van der Waals surface area (Å²) in [6.45, 7) is 0. The van der Waals surface area contributed by atoms with Crippen molar-refractivity contribution in [3.63, 3.8) is 0 Å². The molecule has 0 unspecified atom stereocenters. The van der Waals surface area contributed by atoms with E-state index >= 15 is 0 Å². The number of carbonyl (C=O) groups is 1. The smallest absolute Gasteiger partial charge is 0.320 e. The fourth-order valence-corrected chi connectivity index (χ4v) is 2.10. The van der Waals surface area contributed by atoms with Crippen molar-refractivity contribution in [2.24, 2.45) is 5.73 Å². The van der Waals surface area contributed by atoms with Crippen LogP contribution < -0.4 is 5.73 Å². The summed E-state index contributed by atoms with van der Waals surface area (Å²) in [7, 11) is 0. The third-order valence-corrected chi connectivity index (χ3v) is 3.27. The molecule has 0 fully saturated rings. The van der Waals surface area contributed by atoms with Gasteiger partial charge in [0.25, 0.3) is 0 Å². The highest BCUT2D eigenvalue weighted by molar-refractivity contribution is 6.31. The second-order valence-electron chi connectivity index (χ2n) is 4.32. The summed E-state index contributed by atoms with van der Waals surface area (Å²) in [5, 5.41) is 9.34. The molecule has 19 heavy (non-hydrogen) atoms. The van der Waals surface area contributed by atoms with Crippen LogP contribution in [-0.2, 0) is 11.2 Å². The summed E-state index contributed by atoms with van der Waals surface area (Å²) in [4.78, 5) is 10.7. The Labute approximate surface area is 116 Å². The van der Waals surface area contributed by atoms with E-state index in [1.807, 2.05) is 48.5 Å². The number of hydrogen-bond donors (Lipinski definition) is 2. The lowest BCUT2D eigenvalue weighted by Crippen LogP contribution is -2.32. The molecule has 0 bridgehead atoms. The minimum atomic E-state index is -1.02. The zero-order valence-electron chi connectivity index (χ0n) is 10.2. The van der Waals surface area contributed by atoms with Gasteiger partial charge < -0.3 is 10.8 Å². The first-order valence-corrected chi connectivity index (χ1v) is 6.28. The van der Waals surface area contributed by atoms with Crippen molar-refractivity contribution < 1.29 is 9.90 Å². The van der Waals surface area contributed by atoms with Crippen molar-refractivity contribution in [2.45, 2.75) is 12.5 Å². The molecule has 0 heterocycles. The van der Waals surface area contributed by atoms with Crippen LogP contribution in [0.1, 0.15) is 5.56 Å². The van der Waals surface area contributed by atoms with Crippen LogP contribution in [0.3, 0.4) is 0 Å². The molecule has 2 aromatic rings. The number of hydrogen-bond acceptors (Lipinski definition) is 2. The van der Waals surface area contributed by atoms with E-state index in [0.717, 1.165) is 16.7 Å². The monoisotopic (exact) mass is 275 g/mol. The van der Waals surface area contributed by atoms with Crippen LogP contribution in [0.5, 0.6) is 0 Å². The molecule has 0 spiro atoms. The molecular formula is C15H14ClNO2. The van der Waals surface area contributed by atoms with Gasteiger partial charge in [-0.2, -0.15) is 0 Å². The maximum atomic E-state index is 10.7. The molecule has 3 N–H and O–H groups in total. The Morgan fingerprint density at radius 2 is 1.84 bits per heavy atom. The lowest BCUT2D eigenvalue weighted by atomic mass is 10.0. The Balaban J connectivity index is 2.25. The molecule has 0 aliphatic heterocycles. The lowest BCUT2D eigenvalue weighted by molar-refractivity contribution is -0.138. The molecule has 4 heteroatoms. The molecule has 0 aliphatic rings. The lowest BCUT2D eigenvalue weighted by Gasteiger charge is -2.10. The van der Waals surface area contributed by atoms with Gasteiger partial charge in [-0.15, -0.1) is 0 Å². The Hall–Kier alpha value is -1.84. The quantitative estimate of drug-likeness (QED) is 0.902. The molecular weight excluding hydrogens is 262 g/mol. The van der Waals surface area contributed by atoms with Crippen LogP contribution in [0.25, 0.3) is 11.1 Å². The zero-order valence-corrected chi connectivity index (χ0v) is 11.0. The van der Waals surface area contributed by atoms with Crippen LogP contribution in [-0.4, -0.2) is 17.1 Å². The second kappa shape index (κ2) is 5.87. The van der Waals surface area contributed by atoms with E-state index in [0.29, 0.717) is 5.02 Å². The van der Waals surface area contributed by atoms with Crippen molar-refractivity contribution in [2.75, 3.05) is 0 Å². The largest absolute Gasteiger partial charge is 0.480 e. The van der Waals surface area contributed by atoms with Crippen molar-refractivity contribution >= 4 is 17.6 Å². The molecule has 0 radical (unpaired) electrons.